The maximum atomic E-state index is 10.7. The summed E-state index contributed by atoms with van der Waals surface area (Å²) in [6.07, 6.45) is 7.30. The molecule has 0 saturated heterocycles. The molecule has 0 radical (unpaired) electrons. The average Bonchev–Trinajstić information content (AvgIpc) is 2.56. The van der Waals surface area contributed by atoms with Crippen molar-refractivity contribution >= 4 is 5.69 Å². The summed E-state index contributed by atoms with van der Waals surface area (Å²) in [7, 11) is 1.95. The first-order chi connectivity index (χ1) is 10.6. The molecule has 0 amide bonds. The summed E-state index contributed by atoms with van der Waals surface area (Å²) in [4.78, 5) is 19.0. The van der Waals surface area contributed by atoms with Crippen LogP contribution in [-0.2, 0) is 7.05 Å². The van der Waals surface area contributed by atoms with Gasteiger partial charge in [-0.3, -0.25) is 10.1 Å². The highest BCUT2D eigenvalue weighted by atomic mass is 16.6. The lowest BCUT2D eigenvalue weighted by molar-refractivity contribution is -0.671. The van der Waals surface area contributed by atoms with Crippen molar-refractivity contribution in [2.75, 3.05) is 0 Å². The lowest BCUT2D eigenvalue weighted by Gasteiger charge is -2.02. The Labute approximate surface area is 126 Å². The van der Waals surface area contributed by atoms with Crippen molar-refractivity contribution < 1.29 is 9.49 Å². The molecule has 1 aromatic carbocycles. The normalized spacial score (nSPS) is 10.4. The first-order valence-electron chi connectivity index (χ1n) is 6.66. The Hall–Kier alpha value is -3.15. The maximum Gasteiger partial charge on any atom is 0.269 e. The van der Waals surface area contributed by atoms with Crippen LogP contribution in [0.1, 0.15) is 0 Å². The van der Waals surface area contributed by atoms with E-state index in [0.29, 0.717) is 5.82 Å². The lowest BCUT2D eigenvalue weighted by Crippen LogP contribution is -2.25. The number of hydrogen-bond donors (Lipinski definition) is 0. The monoisotopic (exact) mass is 293 g/mol. The number of aromatic nitrogens is 3. The minimum absolute atomic E-state index is 0.0680. The van der Waals surface area contributed by atoms with Gasteiger partial charge in [0, 0.05) is 47.8 Å². The van der Waals surface area contributed by atoms with E-state index in [2.05, 4.69) is 9.97 Å². The van der Waals surface area contributed by atoms with E-state index in [1.807, 2.05) is 36.1 Å². The van der Waals surface area contributed by atoms with Crippen molar-refractivity contribution in [2.24, 2.45) is 7.05 Å². The quantitative estimate of drug-likeness (QED) is 0.422. The molecule has 6 heteroatoms. The average molecular weight is 293 g/mol. The van der Waals surface area contributed by atoms with E-state index >= 15 is 0 Å². The first kappa shape index (κ1) is 13.8. The molecule has 0 aliphatic carbocycles. The Bertz CT molecular complexity index is 797. The Kier molecular flexibility index (Phi) is 3.57. The van der Waals surface area contributed by atoms with Crippen molar-refractivity contribution in [3.8, 4) is 22.5 Å². The van der Waals surface area contributed by atoms with Gasteiger partial charge in [-0.05, 0) is 17.7 Å². The summed E-state index contributed by atoms with van der Waals surface area (Å²) in [5.74, 6) is 0.645. The van der Waals surface area contributed by atoms with Crippen LogP contribution < -0.4 is 4.57 Å². The molecule has 0 spiro atoms. The number of rotatable bonds is 3. The fraction of sp³-hybridized carbons (Fsp3) is 0.0625. The molecule has 3 rings (SSSR count). The molecule has 22 heavy (non-hydrogen) atoms. The van der Waals surface area contributed by atoms with Crippen molar-refractivity contribution in [3.05, 3.63) is 71.3 Å². The molecule has 0 saturated carbocycles. The Morgan fingerprint density at radius 2 is 1.50 bits per heavy atom. The smallest absolute Gasteiger partial charge is 0.258 e. The highest BCUT2D eigenvalue weighted by molar-refractivity contribution is 5.64. The third-order valence-electron chi connectivity index (χ3n) is 3.30. The largest absolute Gasteiger partial charge is 0.269 e. The van der Waals surface area contributed by atoms with Crippen LogP contribution >= 0.6 is 0 Å². The molecule has 0 N–H and O–H groups in total. The first-order valence-corrected chi connectivity index (χ1v) is 6.66. The SMILES string of the molecule is C[n+]1ccc(-c2ncc(-c3ccc([N+](=O)[O-])cc3)cn2)cc1. The van der Waals surface area contributed by atoms with Crippen LogP contribution in [-0.4, -0.2) is 14.9 Å². The fourth-order valence-electron chi connectivity index (χ4n) is 2.05. The van der Waals surface area contributed by atoms with Crippen molar-refractivity contribution in [2.45, 2.75) is 0 Å². The highest BCUT2D eigenvalue weighted by Gasteiger charge is 2.07. The fourth-order valence-corrected chi connectivity index (χ4v) is 2.05. The number of non-ortho nitro benzene ring substituents is 1. The number of hydrogen-bond acceptors (Lipinski definition) is 4. The zero-order valence-electron chi connectivity index (χ0n) is 11.9. The molecule has 3 aromatic rings. The number of pyridine rings is 1. The molecule has 108 valence electrons. The summed E-state index contributed by atoms with van der Waals surface area (Å²) < 4.78 is 1.94. The molecular formula is C16H13N4O2+. The summed E-state index contributed by atoms with van der Waals surface area (Å²) in [5.41, 5.74) is 2.67. The molecule has 0 fully saturated rings. The van der Waals surface area contributed by atoms with Crippen molar-refractivity contribution in [1.29, 1.82) is 0 Å². The van der Waals surface area contributed by atoms with Gasteiger partial charge in [-0.15, -0.1) is 0 Å². The number of nitrogens with zero attached hydrogens (tertiary/aromatic N) is 4. The highest BCUT2D eigenvalue weighted by Crippen LogP contribution is 2.22. The van der Waals surface area contributed by atoms with Crippen molar-refractivity contribution in [1.82, 2.24) is 9.97 Å². The van der Waals surface area contributed by atoms with E-state index in [9.17, 15) is 10.1 Å². The molecular weight excluding hydrogens is 280 g/mol. The third-order valence-corrected chi connectivity index (χ3v) is 3.30. The summed E-state index contributed by atoms with van der Waals surface area (Å²) in [6, 6.07) is 10.2. The Morgan fingerprint density at radius 1 is 0.909 bits per heavy atom. The van der Waals surface area contributed by atoms with Crippen LogP contribution in [0, 0.1) is 10.1 Å². The Morgan fingerprint density at radius 3 is 2.05 bits per heavy atom. The van der Waals surface area contributed by atoms with Crippen molar-refractivity contribution in [3.63, 3.8) is 0 Å². The number of nitro benzene ring substituents is 1. The summed E-state index contributed by atoms with van der Waals surface area (Å²) in [6.45, 7) is 0. The molecule has 2 heterocycles. The molecule has 0 aliphatic rings. The Balaban J connectivity index is 1.87. The van der Waals surface area contributed by atoms with E-state index in [4.69, 9.17) is 0 Å². The van der Waals surface area contributed by atoms with Gasteiger partial charge in [-0.1, -0.05) is 0 Å². The van der Waals surface area contributed by atoms with Gasteiger partial charge in [0.2, 0.25) is 0 Å². The van der Waals surface area contributed by atoms with Gasteiger partial charge in [0.1, 0.15) is 7.05 Å². The van der Waals surface area contributed by atoms with Gasteiger partial charge < -0.3 is 0 Å². The molecule has 0 bridgehead atoms. The second-order valence-corrected chi connectivity index (χ2v) is 4.85. The number of aryl methyl sites for hydroxylation is 1. The zero-order valence-corrected chi connectivity index (χ0v) is 11.9. The topological polar surface area (TPSA) is 72.8 Å². The summed E-state index contributed by atoms with van der Waals surface area (Å²) >= 11 is 0. The van der Waals surface area contributed by atoms with E-state index in [1.54, 1.807) is 24.5 Å². The minimum atomic E-state index is -0.418. The van der Waals surface area contributed by atoms with Gasteiger partial charge >= 0.3 is 0 Å². The van der Waals surface area contributed by atoms with E-state index in [0.717, 1.165) is 16.7 Å². The van der Waals surface area contributed by atoms with Gasteiger partial charge in [-0.25, -0.2) is 14.5 Å². The summed E-state index contributed by atoms with van der Waals surface area (Å²) in [5, 5.41) is 10.7. The third kappa shape index (κ3) is 2.80. The van der Waals surface area contributed by atoms with E-state index < -0.39 is 4.92 Å². The van der Waals surface area contributed by atoms with Gasteiger partial charge in [0.05, 0.1) is 4.92 Å². The van der Waals surface area contributed by atoms with Crippen LogP contribution in [0.15, 0.2) is 61.2 Å². The molecule has 0 unspecified atom stereocenters. The standard InChI is InChI=1S/C16H13N4O2/c1-19-8-6-13(7-9-19)16-17-10-14(11-18-16)12-2-4-15(5-3-12)20(21)22/h2-11H,1H3/q+1. The molecule has 0 atom stereocenters. The van der Waals surface area contributed by atoms with Crippen LogP contribution in [0.25, 0.3) is 22.5 Å². The predicted octanol–water partition coefficient (Wildman–Crippen LogP) is 2.54. The molecule has 2 aromatic heterocycles. The van der Waals surface area contributed by atoms with Crippen LogP contribution in [0.3, 0.4) is 0 Å². The van der Waals surface area contributed by atoms with Gasteiger partial charge in [-0.2, -0.15) is 0 Å². The maximum absolute atomic E-state index is 10.7. The van der Waals surface area contributed by atoms with Gasteiger partial charge in [0.25, 0.3) is 5.69 Å². The second-order valence-electron chi connectivity index (χ2n) is 4.85. The molecule has 6 nitrogen and oxygen atoms in total. The van der Waals surface area contributed by atoms with E-state index in [1.165, 1.54) is 12.1 Å². The number of benzene rings is 1. The number of nitro groups is 1. The van der Waals surface area contributed by atoms with Crippen LogP contribution in [0.4, 0.5) is 5.69 Å². The second kappa shape index (κ2) is 5.69. The van der Waals surface area contributed by atoms with Gasteiger partial charge in [0.15, 0.2) is 18.2 Å². The molecule has 0 aliphatic heterocycles. The van der Waals surface area contributed by atoms with E-state index in [-0.39, 0.29) is 5.69 Å². The van der Waals surface area contributed by atoms with Crippen LogP contribution in [0.5, 0.6) is 0 Å². The van der Waals surface area contributed by atoms with Crippen LogP contribution in [0.2, 0.25) is 0 Å². The zero-order chi connectivity index (χ0) is 15.5. The minimum Gasteiger partial charge on any atom is -0.258 e. The predicted molar refractivity (Wildman–Crippen MR) is 80.7 cm³/mol. The lowest BCUT2D eigenvalue weighted by atomic mass is 10.1.